The summed E-state index contributed by atoms with van der Waals surface area (Å²) in [5.41, 5.74) is 3.90. The molecule has 4 rings (SSSR count). The van der Waals surface area contributed by atoms with Gasteiger partial charge in [-0.3, -0.25) is 9.89 Å². The number of fused-ring (bicyclic) bond motifs is 1. The van der Waals surface area contributed by atoms with Crippen molar-refractivity contribution in [3.05, 3.63) is 71.9 Å². The Morgan fingerprint density at radius 2 is 1.72 bits per heavy atom. The predicted octanol–water partition coefficient (Wildman–Crippen LogP) is 3.85. The third-order valence-electron chi connectivity index (χ3n) is 5.76. The second kappa shape index (κ2) is 12.8. The van der Waals surface area contributed by atoms with E-state index in [2.05, 4.69) is 85.9 Å². The van der Waals surface area contributed by atoms with Gasteiger partial charge in [-0.25, -0.2) is 0 Å². The average Bonchev–Trinajstić information content (AvgIpc) is 3.23. The zero-order chi connectivity index (χ0) is 21.3. The van der Waals surface area contributed by atoms with E-state index >= 15 is 0 Å². The molecule has 0 saturated carbocycles. The summed E-state index contributed by atoms with van der Waals surface area (Å²) in [4.78, 5) is 6.80. The van der Waals surface area contributed by atoms with Crippen molar-refractivity contribution in [2.75, 3.05) is 39.9 Å². The molecular formula is C25H34IN5O. The van der Waals surface area contributed by atoms with Crippen molar-refractivity contribution in [2.45, 2.75) is 26.1 Å². The fraction of sp³-hybridized carbons (Fsp3) is 0.400. The third kappa shape index (κ3) is 6.95. The zero-order valence-electron chi connectivity index (χ0n) is 18.8. The highest BCUT2D eigenvalue weighted by Gasteiger charge is 2.10. The highest BCUT2D eigenvalue weighted by atomic mass is 127. The lowest BCUT2D eigenvalue weighted by atomic mass is 10.1. The maximum Gasteiger partial charge on any atom is 0.191 e. The van der Waals surface area contributed by atoms with E-state index in [0.717, 1.165) is 64.9 Å². The fourth-order valence-electron chi connectivity index (χ4n) is 3.98. The van der Waals surface area contributed by atoms with Crippen molar-refractivity contribution in [1.82, 2.24) is 20.1 Å². The molecule has 2 aromatic carbocycles. The summed E-state index contributed by atoms with van der Waals surface area (Å²) in [6.07, 6.45) is 3.20. The number of morpholine rings is 1. The van der Waals surface area contributed by atoms with Crippen LogP contribution in [-0.4, -0.2) is 55.3 Å². The van der Waals surface area contributed by atoms with Gasteiger partial charge in [0.1, 0.15) is 0 Å². The van der Waals surface area contributed by atoms with Gasteiger partial charge in [0.15, 0.2) is 5.96 Å². The van der Waals surface area contributed by atoms with E-state index < -0.39 is 0 Å². The van der Waals surface area contributed by atoms with Crippen LogP contribution in [0.25, 0.3) is 10.9 Å². The Morgan fingerprint density at radius 3 is 2.50 bits per heavy atom. The number of para-hydroxylation sites is 1. The van der Waals surface area contributed by atoms with Gasteiger partial charge in [-0.15, -0.1) is 24.0 Å². The van der Waals surface area contributed by atoms with Crippen molar-refractivity contribution >= 4 is 40.8 Å². The van der Waals surface area contributed by atoms with Crippen LogP contribution in [0.15, 0.2) is 65.8 Å². The standard InChI is InChI=1S/C25H33N5O.HI/c1-26-25(27-12-4-13-30-14-11-23-5-2-3-6-24(23)30)28-19-21-7-9-22(10-8-21)20-29-15-17-31-18-16-29;/h2-3,5-11,14H,4,12-13,15-20H2,1H3,(H2,26,27,28);1H. The summed E-state index contributed by atoms with van der Waals surface area (Å²) in [6.45, 7) is 7.35. The van der Waals surface area contributed by atoms with E-state index in [0.29, 0.717) is 0 Å². The van der Waals surface area contributed by atoms with Crippen LogP contribution < -0.4 is 10.6 Å². The van der Waals surface area contributed by atoms with E-state index in [1.807, 2.05) is 7.05 Å². The maximum atomic E-state index is 5.42. The molecule has 172 valence electrons. The number of aromatic nitrogens is 1. The van der Waals surface area contributed by atoms with Gasteiger partial charge in [0.25, 0.3) is 0 Å². The molecule has 1 fully saturated rings. The molecule has 2 heterocycles. The summed E-state index contributed by atoms with van der Waals surface area (Å²) in [5, 5.41) is 8.13. The molecule has 6 nitrogen and oxygen atoms in total. The van der Waals surface area contributed by atoms with Crippen LogP contribution in [0.1, 0.15) is 17.5 Å². The summed E-state index contributed by atoms with van der Waals surface area (Å²) in [7, 11) is 1.82. The first kappa shape index (κ1) is 24.5. The van der Waals surface area contributed by atoms with Crippen LogP contribution >= 0.6 is 24.0 Å². The van der Waals surface area contributed by atoms with Gasteiger partial charge in [0.05, 0.1) is 13.2 Å². The number of ether oxygens (including phenoxy) is 1. The normalized spacial score (nSPS) is 14.8. The lowest BCUT2D eigenvalue weighted by Crippen LogP contribution is -2.37. The van der Waals surface area contributed by atoms with Gasteiger partial charge >= 0.3 is 0 Å². The topological polar surface area (TPSA) is 53.8 Å². The lowest BCUT2D eigenvalue weighted by Gasteiger charge is -2.26. The fourth-order valence-corrected chi connectivity index (χ4v) is 3.98. The SMILES string of the molecule is CN=C(NCCCn1ccc2ccccc21)NCc1ccc(CN2CCOCC2)cc1.I. The molecule has 0 bridgehead atoms. The van der Waals surface area contributed by atoms with E-state index in [-0.39, 0.29) is 24.0 Å². The van der Waals surface area contributed by atoms with E-state index in [1.165, 1.54) is 22.0 Å². The third-order valence-corrected chi connectivity index (χ3v) is 5.76. The number of nitrogens with one attached hydrogen (secondary N) is 2. The van der Waals surface area contributed by atoms with Gasteiger partial charge in [0.2, 0.25) is 0 Å². The number of hydrogen-bond acceptors (Lipinski definition) is 3. The Labute approximate surface area is 208 Å². The molecule has 0 atom stereocenters. The van der Waals surface area contributed by atoms with Gasteiger partial charge in [-0.1, -0.05) is 42.5 Å². The Morgan fingerprint density at radius 1 is 0.969 bits per heavy atom. The molecule has 1 aromatic heterocycles. The minimum atomic E-state index is 0. The maximum absolute atomic E-state index is 5.42. The monoisotopic (exact) mass is 547 g/mol. The molecule has 32 heavy (non-hydrogen) atoms. The molecule has 0 unspecified atom stereocenters. The summed E-state index contributed by atoms with van der Waals surface area (Å²) in [6, 6.07) is 19.5. The Balaban J connectivity index is 0.00000289. The molecule has 1 aliphatic rings. The highest BCUT2D eigenvalue weighted by molar-refractivity contribution is 14.0. The van der Waals surface area contributed by atoms with E-state index in [9.17, 15) is 0 Å². The van der Waals surface area contributed by atoms with Crippen molar-refractivity contribution in [3.8, 4) is 0 Å². The predicted molar refractivity (Wildman–Crippen MR) is 143 cm³/mol. The highest BCUT2D eigenvalue weighted by Crippen LogP contribution is 2.15. The second-order valence-corrected chi connectivity index (χ2v) is 7.98. The molecule has 2 N–H and O–H groups in total. The van der Waals surface area contributed by atoms with Crippen LogP contribution in [0, 0.1) is 0 Å². The average molecular weight is 547 g/mol. The molecule has 7 heteroatoms. The first-order chi connectivity index (χ1) is 15.3. The molecule has 0 aliphatic carbocycles. The van der Waals surface area contributed by atoms with Crippen molar-refractivity contribution in [2.24, 2.45) is 4.99 Å². The molecule has 0 radical (unpaired) electrons. The van der Waals surface area contributed by atoms with Gasteiger partial charge < -0.3 is 19.9 Å². The van der Waals surface area contributed by atoms with Crippen LogP contribution in [0.3, 0.4) is 0 Å². The zero-order valence-corrected chi connectivity index (χ0v) is 21.1. The van der Waals surface area contributed by atoms with Crippen LogP contribution in [0.5, 0.6) is 0 Å². The first-order valence-electron chi connectivity index (χ1n) is 11.2. The number of benzene rings is 2. The molecule has 0 spiro atoms. The molecule has 1 aliphatic heterocycles. The number of guanidine groups is 1. The van der Waals surface area contributed by atoms with Crippen molar-refractivity contribution in [3.63, 3.8) is 0 Å². The number of aryl methyl sites for hydroxylation is 1. The van der Waals surface area contributed by atoms with Crippen LogP contribution in [0.2, 0.25) is 0 Å². The summed E-state index contributed by atoms with van der Waals surface area (Å²) in [5.74, 6) is 0.842. The Hall–Kier alpha value is -2.10. The van der Waals surface area contributed by atoms with Gasteiger partial charge in [-0.2, -0.15) is 0 Å². The number of nitrogens with zero attached hydrogens (tertiary/aromatic N) is 3. The number of hydrogen-bond donors (Lipinski definition) is 2. The van der Waals surface area contributed by atoms with Crippen molar-refractivity contribution < 1.29 is 4.74 Å². The minimum absolute atomic E-state index is 0. The van der Waals surface area contributed by atoms with Crippen LogP contribution in [-0.2, 0) is 24.4 Å². The number of halogens is 1. The Kier molecular flexibility index (Phi) is 9.83. The van der Waals surface area contributed by atoms with E-state index in [1.54, 1.807) is 0 Å². The summed E-state index contributed by atoms with van der Waals surface area (Å²) < 4.78 is 7.74. The van der Waals surface area contributed by atoms with Gasteiger partial charge in [0, 0.05) is 58.0 Å². The largest absolute Gasteiger partial charge is 0.379 e. The quantitative estimate of drug-likeness (QED) is 0.195. The van der Waals surface area contributed by atoms with Crippen molar-refractivity contribution in [1.29, 1.82) is 0 Å². The second-order valence-electron chi connectivity index (χ2n) is 7.98. The minimum Gasteiger partial charge on any atom is -0.379 e. The lowest BCUT2D eigenvalue weighted by molar-refractivity contribution is 0.0342. The number of aliphatic imine (C=N–C) groups is 1. The first-order valence-corrected chi connectivity index (χ1v) is 11.2. The number of rotatable bonds is 8. The molecular weight excluding hydrogens is 513 g/mol. The summed E-state index contributed by atoms with van der Waals surface area (Å²) >= 11 is 0. The van der Waals surface area contributed by atoms with Gasteiger partial charge in [-0.05, 0) is 35.1 Å². The smallest absolute Gasteiger partial charge is 0.191 e. The van der Waals surface area contributed by atoms with Crippen LogP contribution in [0.4, 0.5) is 0 Å². The molecule has 0 amide bonds. The van der Waals surface area contributed by atoms with E-state index in [4.69, 9.17) is 4.74 Å². The molecule has 3 aromatic rings. The Bertz CT molecular complexity index is 979. The molecule has 1 saturated heterocycles.